The Kier molecular flexibility index (Phi) is 5.96. The van der Waals surface area contributed by atoms with Crippen molar-refractivity contribution in [1.82, 2.24) is 10.6 Å². The number of hydrogen-bond acceptors (Lipinski definition) is 2. The van der Waals surface area contributed by atoms with Gasteiger partial charge in [-0.1, -0.05) is 43.3 Å². The van der Waals surface area contributed by atoms with Gasteiger partial charge in [0, 0.05) is 11.4 Å². The normalized spacial score (nSPS) is 11.7. The number of aryl methyl sites for hydroxylation is 1. The topological polar surface area (TPSA) is 24.1 Å². The highest BCUT2D eigenvalue weighted by atomic mass is 32.1. The number of thiophene rings is 1. The predicted octanol–water partition coefficient (Wildman–Crippen LogP) is 4.05. The molecule has 0 aliphatic heterocycles. The summed E-state index contributed by atoms with van der Waals surface area (Å²) in [5, 5.41) is 9.25. The van der Waals surface area contributed by atoms with Crippen molar-refractivity contribution >= 4 is 28.7 Å². The van der Waals surface area contributed by atoms with Gasteiger partial charge in [0.2, 0.25) is 0 Å². The summed E-state index contributed by atoms with van der Waals surface area (Å²) in [6.07, 6.45) is 2.85. The molecule has 0 saturated carbocycles. The van der Waals surface area contributed by atoms with Crippen LogP contribution in [-0.2, 0) is 6.42 Å². The number of thiocarbonyl (C=S) groups is 1. The molecule has 0 unspecified atom stereocenters. The summed E-state index contributed by atoms with van der Waals surface area (Å²) in [4.78, 5) is 1.25. The molecule has 0 fully saturated rings. The molecule has 21 heavy (non-hydrogen) atoms. The van der Waals surface area contributed by atoms with Gasteiger partial charge < -0.3 is 10.6 Å². The van der Waals surface area contributed by atoms with Gasteiger partial charge in [0.1, 0.15) is 0 Å². The molecule has 1 heterocycles. The van der Waals surface area contributed by atoms with Crippen LogP contribution in [0.1, 0.15) is 29.0 Å². The molecule has 0 aliphatic rings. The second-order valence-electron chi connectivity index (χ2n) is 4.69. The van der Waals surface area contributed by atoms with Crippen molar-refractivity contribution in [2.24, 2.45) is 0 Å². The minimum absolute atomic E-state index is 0.0840. The lowest BCUT2D eigenvalue weighted by Gasteiger charge is -2.20. The monoisotopic (exact) mass is 316 g/mol. The molecule has 4 heteroatoms. The molecule has 1 aromatic carbocycles. The van der Waals surface area contributed by atoms with Crippen molar-refractivity contribution in [3.63, 3.8) is 0 Å². The van der Waals surface area contributed by atoms with Gasteiger partial charge >= 0.3 is 0 Å². The Balaban J connectivity index is 2.19. The van der Waals surface area contributed by atoms with Crippen LogP contribution in [0.4, 0.5) is 0 Å². The molecule has 1 atom stereocenters. The molecule has 110 valence electrons. The van der Waals surface area contributed by atoms with Gasteiger partial charge in [-0.2, -0.15) is 0 Å². The Labute approximate surface area is 135 Å². The van der Waals surface area contributed by atoms with Gasteiger partial charge in [-0.05, 0) is 41.2 Å². The average molecular weight is 316 g/mol. The standard InChI is InChI=1S/C17H20N2S2/c1-3-11-18-17(20)19-16(15-6-5-12-21-15)14-9-7-13(4-2)8-10-14/h3,5-10,12,16H,1,4,11H2,2H3,(H2,18,19,20)/t16-/m0/s1. The third-order valence-corrected chi connectivity index (χ3v) is 4.43. The second kappa shape index (κ2) is 7.96. The lowest BCUT2D eigenvalue weighted by Crippen LogP contribution is -2.37. The average Bonchev–Trinajstić information content (AvgIpc) is 3.05. The molecule has 0 amide bonds. The van der Waals surface area contributed by atoms with Gasteiger partial charge in [-0.15, -0.1) is 17.9 Å². The third kappa shape index (κ3) is 4.41. The van der Waals surface area contributed by atoms with Crippen molar-refractivity contribution in [1.29, 1.82) is 0 Å². The molecular formula is C17H20N2S2. The lowest BCUT2D eigenvalue weighted by atomic mass is 10.0. The zero-order valence-corrected chi connectivity index (χ0v) is 13.8. The molecule has 0 radical (unpaired) electrons. The summed E-state index contributed by atoms with van der Waals surface area (Å²) in [6.45, 7) is 6.52. The summed E-state index contributed by atoms with van der Waals surface area (Å²) in [5.74, 6) is 0. The minimum atomic E-state index is 0.0840. The van der Waals surface area contributed by atoms with Gasteiger partial charge in [-0.25, -0.2) is 0 Å². The Morgan fingerprint density at radius 1 is 1.33 bits per heavy atom. The van der Waals surface area contributed by atoms with E-state index >= 15 is 0 Å². The van der Waals surface area contributed by atoms with E-state index in [1.54, 1.807) is 17.4 Å². The van der Waals surface area contributed by atoms with Crippen LogP contribution < -0.4 is 10.6 Å². The number of hydrogen-bond donors (Lipinski definition) is 2. The van der Waals surface area contributed by atoms with Crippen LogP contribution in [0.3, 0.4) is 0 Å². The van der Waals surface area contributed by atoms with E-state index in [1.165, 1.54) is 16.0 Å². The minimum Gasteiger partial charge on any atom is -0.359 e. The first kappa shape index (κ1) is 15.7. The van der Waals surface area contributed by atoms with Crippen molar-refractivity contribution in [2.45, 2.75) is 19.4 Å². The first-order chi connectivity index (χ1) is 10.2. The second-order valence-corrected chi connectivity index (χ2v) is 6.07. The highest BCUT2D eigenvalue weighted by Gasteiger charge is 2.16. The van der Waals surface area contributed by atoms with E-state index in [-0.39, 0.29) is 6.04 Å². The summed E-state index contributed by atoms with van der Waals surface area (Å²) >= 11 is 7.08. The Bertz CT molecular complexity index is 573. The summed E-state index contributed by atoms with van der Waals surface area (Å²) in [5.41, 5.74) is 2.56. The number of rotatable bonds is 6. The van der Waals surface area contributed by atoms with E-state index in [2.05, 4.69) is 65.9 Å². The maximum absolute atomic E-state index is 5.35. The third-order valence-electron chi connectivity index (χ3n) is 3.23. The van der Waals surface area contributed by atoms with Gasteiger partial charge in [-0.3, -0.25) is 0 Å². The maximum Gasteiger partial charge on any atom is 0.167 e. The number of nitrogens with one attached hydrogen (secondary N) is 2. The smallest absolute Gasteiger partial charge is 0.167 e. The van der Waals surface area contributed by atoms with Gasteiger partial charge in [0.05, 0.1) is 6.04 Å². The quantitative estimate of drug-likeness (QED) is 0.621. The summed E-state index contributed by atoms with van der Waals surface area (Å²) in [6, 6.07) is 13.0. The zero-order valence-electron chi connectivity index (χ0n) is 12.1. The van der Waals surface area contributed by atoms with Crippen molar-refractivity contribution in [2.75, 3.05) is 6.54 Å². The van der Waals surface area contributed by atoms with E-state index in [0.717, 1.165) is 6.42 Å². The van der Waals surface area contributed by atoms with Gasteiger partial charge in [0.15, 0.2) is 5.11 Å². The first-order valence-corrected chi connectivity index (χ1v) is 8.31. The number of benzene rings is 1. The fourth-order valence-electron chi connectivity index (χ4n) is 2.07. The fraction of sp³-hybridized carbons (Fsp3) is 0.235. The SMILES string of the molecule is C=CCNC(=S)N[C@@H](c1ccc(CC)cc1)c1cccs1. The van der Waals surface area contributed by atoms with Crippen LogP contribution in [-0.4, -0.2) is 11.7 Å². The summed E-state index contributed by atoms with van der Waals surface area (Å²) < 4.78 is 0. The van der Waals surface area contributed by atoms with E-state index < -0.39 is 0 Å². The Morgan fingerprint density at radius 2 is 2.10 bits per heavy atom. The maximum atomic E-state index is 5.35. The predicted molar refractivity (Wildman–Crippen MR) is 95.9 cm³/mol. The molecule has 2 nitrogen and oxygen atoms in total. The zero-order chi connectivity index (χ0) is 15.1. The highest BCUT2D eigenvalue weighted by Crippen LogP contribution is 2.26. The lowest BCUT2D eigenvalue weighted by molar-refractivity contribution is 0.760. The van der Waals surface area contributed by atoms with E-state index in [0.29, 0.717) is 11.7 Å². The van der Waals surface area contributed by atoms with Crippen LogP contribution in [0.15, 0.2) is 54.4 Å². The molecule has 1 aromatic heterocycles. The van der Waals surface area contributed by atoms with Crippen molar-refractivity contribution in [3.8, 4) is 0 Å². The molecule has 0 aliphatic carbocycles. The van der Waals surface area contributed by atoms with E-state index in [9.17, 15) is 0 Å². The van der Waals surface area contributed by atoms with E-state index in [1.807, 2.05) is 0 Å². The van der Waals surface area contributed by atoms with Gasteiger partial charge in [0.25, 0.3) is 0 Å². The molecule has 0 bridgehead atoms. The molecule has 2 rings (SSSR count). The Hall–Kier alpha value is -1.65. The molecule has 2 N–H and O–H groups in total. The highest BCUT2D eigenvalue weighted by molar-refractivity contribution is 7.80. The van der Waals surface area contributed by atoms with Crippen LogP contribution in [0.25, 0.3) is 0 Å². The largest absolute Gasteiger partial charge is 0.359 e. The van der Waals surface area contributed by atoms with Crippen molar-refractivity contribution in [3.05, 3.63) is 70.4 Å². The molecule has 0 spiro atoms. The van der Waals surface area contributed by atoms with Crippen LogP contribution in [0.5, 0.6) is 0 Å². The van der Waals surface area contributed by atoms with Crippen LogP contribution in [0.2, 0.25) is 0 Å². The molecule has 0 saturated heterocycles. The van der Waals surface area contributed by atoms with E-state index in [4.69, 9.17) is 12.2 Å². The van der Waals surface area contributed by atoms with Crippen LogP contribution >= 0.6 is 23.6 Å². The van der Waals surface area contributed by atoms with Crippen molar-refractivity contribution < 1.29 is 0 Å². The fourth-order valence-corrected chi connectivity index (χ4v) is 3.07. The Morgan fingerprint density at radius 3 is 2.67 bits per heavy atom. The van der Waals surface area contributed by atoms with Crippen LogP contribution in [0, 0.1) is 0 Å². The molecular weight excluding hydrogens is 296 g/mol. The summed E-state index contributed by atoms with van der Waals surface area (Å²) in [7, 11) is 0. The first-order valence-electron chi connectivity index (χ1n) is 7.02. The molecule has 2 aromatic rings.